The van der Waals surface area contributed by atoms with Gasteiger partial charge in [-0.3, -0.25) is 9.59 Å². The summed E-state index contributed by atoms with van der Waals surface area (Å²) in [4.78, 5) is 35.0. The molecule has 7 heteroatoms. The molecule has 0 spiro atoms. The molecule has 3 rings (SSSR count). The number of amides is 1. The van der Waals surface area contributed by atoms with Crippen molar-refractivity contribution in [2.75, 3.05) is 27.2 Å². The zero-order valence-electron chi connectivity index (χ0n) is 19.1. The van der Waals surface area contributed by atoms with Crippen LogP contribution in [-0.2, 0) is 4.79 Å². The first-order valence-electron chi connectivity index (χ1n) is 10.6. The lowest BCUT2D eigenvalue weighted by Gasteiger charge is -2.27. The number of hydrogen-bond acceptors (Lipinski definition) is 6. The maximum atomic E-state index is 13.5. The minimum absolute atomic E-state index is 0.152. The predicted molar refractivity (Wildman–Crippen MR) is 124 cm³/mol. The van der Waals surface area contributed by atoms with E-state index in [1.165, 1.54) is 16.9 Å². The molecule has 2 aromatic rings. The third-order valence-corrected chi connectivity index (χ3v) is 6.65. The maximum absolute atomic E-state index is 13.5. The molecule has 0 saturated heterocycles. The topological polar surface area (TPSA) is 73.7 Å². The van der Waals surface area contributed by atoms with Crippen LogP contribution in [0.15, 0.2) is 35.6 Å². The van der Waals surface area contributed by atoms with Crippen LogP contribution in [0.25, 0.3) is 0 Å². The van der Waals surface area contributed by atoms with Crippen LogP contribution in [-0.4, -0.2) is 58.8 Å². The molecule has 0 aliphatic carbocycles. The highest BCUT2D eigenvalue weighted by atomic mass is 32.1. The average molecular weight is 442 g/mol. The van der Waals surface area contributed by atoms with Crippen LogP contribution in [0.4, 0.5) is 0 Å². The predicted octanol–water partition coefficient (Wildman–Crippen LogP) is 4.41. The number of carbonyl (C=O) groups excluding carboxylic acids is 2. The fraction of sp³-hybridized carbons (Fsp3) is 0.458. The van der Waals surface area contributed by atoms with Crippen molar-refractivity contribution in [1.29, 1.82) is 0 Å². The molecule has 1 aliphatic rings. The molecular formula is C24H31N3O3S. The number of nitrogens with zero attached hydrogens (tertiary/aromatic N) is 3. The van der Waals surface area contributed by atoms with E-state index in [9.17, 15) is 14.7 Å². The van der Waals surface area contributed by atoms with Crippen molar-refractivity contribution < 1.29 is 14.7 Å². The number of hydrogen-bond donors (Lipinski definition) is 1. The molecule has 1 aromatic carbocycles. The lowest BCUT2D eigenvalue weighted by molar-refractivity contribution is -0.129. The van der Waals surface area contributed by atoms with E-state index in [2.05, 4.69) is 23.7 Å². The molecule has 31 heavy (non-hydrogen) atoms. The average Bonchev–Trinajstić information content (AvgIpc) is 3.17. The van der Waals surface area contributed by atoms with E-state index >= 15 is 0 Å². The van der Waals surface area contributed by atoms with Gasteiger partial charge < -0.3 is 14.9 Å². The third kappa shape index (κ3) is 4.72. The first-order valence-corrected chi connectivity index (χ1v) is 11.4. The zero-order chi connectivity index (χ0) is 22.9. The summed E-state index contributed by atoms with van der Waals surface area (Å²) in [5.74, 6) is -0.873. The standard InChI is InChI=1S/C24H31N3O3S/c1-14(2)17-8-10-18(11-9-17)20-19(21(28)23-15(3)25-16(4)31-23)22(29)24(30)27(20)13-7-12-26(5)6/h8-11,14,20,29H,7,12-13H2,1-6H3/t20-/m1/s1. The number of carbonyl (C=O) groups is 2. The van der Waals surface area contributed by atoms with Gasteiger partial charge in [-0.2, -0.15) is 0 Å². The van der Waals surface area contributed by atoms with E-state index in [0.717, 1.165) is 23.5 Å². The van der Waals surface area contributed by atoms with Crippen molar-refractivity contribution in [3.63, 3.8) is 0 Å². The van der Waals surface area contributed by atoms with Gasteiger partial charge in [0.05, 0.1) is 27.2 Å². The lowest BCUT2D eigenvalue weighted by Crippen LogP contribution is -2.33. The Hall–Kier alpha value is -2.51. The SMILES string of the molecule is Cc1nc(C)c(C(=O)C2=C(O)C(=O)N(CCCN(C)C)[C@@H]2c2ccc(C(C)C)cc2)s1. The summed E-state index contributed by atoms with van der Waals surface area (Å²) in [6, 6.07) is 7.38. The number of aliphatic hydroxyl groups excluding tert-OH is 1. The molecule has 0 bridgehead atoms. The molecule has 1 N–H and O–H groups in total. The molecule has 1 aliphatic heterocycles. The highest BCUT2D eigenvalue weighted by molar-refractivity contribution is 7.14. The molecule has 0 unspecified atom stereocenters. The number of aliphatic hydroxyl groups is 1. The van der Waals surface area contributed by atoms with Gasteiger partial charge in [0.2, 0.25) is 5.78 Å². The quantitative estimate of drug-likeness (QED) is 0.614. The Morgan fingerprint density at radius 1 is 1.23 bits per heavy atom. The maximum Gasteiger partial charge on any atom is 0.290 e. The Balaban J connectivity index is 2.04. The second kappa shape index (κ2) is 9.32. The Bertz CT molecular complexity index is 1010. The second-order valence-electron chi connectivity index (χ2n) is 8.62. The van der Waals surface area contributed by atoms with Crippen LogP contribution in [0.3, 0.4) is 0 Å². The van der Waals surface area contributed by atoms with E-state index < -0.39 is 17.7 Å². The number of aromatic nitrogens is 1. The van der Waals surface area contributed by atoms with E-state index in [0.29, 0.717) is 23.0 Å². The molecule has 6 nitrogen and oxygen atoms in total. The number of benzene rings is 1. The lowest BCUT2D eigenvalue weighted by atomic mass is 9.93. The van der Waals surface area contributed by atoms with Crippen LogP contribution in [0.5, 0.6) is 0 Å². The monoisotopic (exact) mass is 441 g/mol. The van der Waals surface area contributed by atoms with Gasteiger partial charge in [-0.1, -0.05) is 38.1 Å². The molecule has 0 radical (unpaired) electrons. The van der Waals surface area contributed by atoms with Crippen molar-refractivity contribution in [2.24, 2.45) is 0 Å². The smallest absolute Gasteiger partial charge is 0.290 e. The summed E-state index contributed by atoms with van der Waals surface area (Å²) < 4.78 is 0. The van der Waals surface area contributed by atoms with Crippen LogP contribution in [0, 0.1) is 13.8 Å². The Kier molecular flexibility index (Phi) is 6.96. The van der Waals surface area contributed by atoms with Gasteiger partial charge in [0.25, 0.3) is 5.91 Å². The molecule has 2 heterocycles. The summed E-state index contributed by atoms with van der Waals surface area (Å²) in [5, 5.41) is 11.6. The van der Waals surface area contributed by atoms with Crippen LogP contribution in [0.2, 0.25) is 0 Å². The van der Waals surface area contributed by atoms with Crippen molar-refractivity contribution in [1.82, 2.24) is 14.8 Å². The fourth-order valence-corrected chi connectivity index (χ4v) is 4.82. The van der Waals surface area contributed by atoms with Gasteiger partial charge in [-0.15, -0.1) is 11.3 Å². The highest BCUT2D eigenvalue weighted by Gasteiger charge is 2.44. The van der Waals surface area contributed by atoms with Crippen molar-refractivity contribution in [3.05, 3.63) is 62.3 Å². The minimum atomic E-state index is -0.606. The molecule has 0 saturated carbocycles. The van der Waals surface area contributed by atoms with Gasteiger partial charge in [0.15, 0.2) is 5.76 Å². The van der Waals surface area contributed by atoms with Crippen LogP contribution < -0.4 is 0 Å². The molecule has 166 valence electrons. The second-order valence-corrected chi connectivity index (χ2v) is 9.82. The molecular weight excluding hydrogens is 410 g/mol. The van der Waals surface area contributed by atoms with Crippen molar-refractivity contribution in [3.8, 4) is 0 Å². The number of aryl methyl sites for hydroxylation is 2. The number of Topliss-reactive ketones (excluding diaryl/α,β-unsaturated/α-hetero) is 1. The molecule has 1 atom stereocenters. The number of thiazole rings is 1. The summed E-state index contributed by atoms with van der Waals surface area (Å²) in [5.41, 5.74) is 2.79. The summed E-state index contributed by atoms with van der Waals surface area (Å²) in [6.07, 6.45) is 0.743. The van der Waals surface area contributed by atoms with Crippen LogP contribution >= 0.6 is 11.3 Å². The van der Waals surface area contributed by atoms with Crippen molar-refractivity contribution >= 4 is 23.0 Å². The zero-order valence-corrected chi connectivity index (χ0v) is 19.9. The van der Waals surface area contributed by atoms with Gasteiger partial charge in [0, 0.05) is 6.54 Å². The van der Waals surface area contributed by atoms with E-state index in [4.69, 9.17) is 0 Å². The molecule has 1 aromatic heterocycles. The normalized spacial score (nSPS) is 16.8. The summed E-state index contributed by atoms with van der Waals surface area (Å²) in [7, 11) is 3.96. The van der Waals surface area contributed by atoms with Crippen molar-refractivity contribution in [2.45, 2.75) is 46.1 Å². The van der Waals surface area contributed by atoms with E-state index in [1.54, 1.807) is 11.8 Å². The Labute approximate surface area is 188 Å². The number of ketones is 1. The minimum Gasteiger partial charge on any atom is -0.503 e. The third-order valence-electron chi connectivity index (χ3n) is 5.58. The summed E-state index contributed by atoms with van der Waals surface area (Å²) in [6.45, 7) is 9.13. The molecule has 0 fully saturated rings. The Morgan fingerprint density at radius 2 is 1.87 bits per heavy atom. The van der Waals surface area contributed by atoms with E-state index in [-0.39, 0.29) is 11.4 Å². The van der Waals surface area contributed by atoms with Gasteiger partial charge in [-0.05, 0) is 58.0 Å². The van der Waals surface area contributed by atoms with E-state index in [1.807, 2.05) is 45.3 Å². The Morgan fingerprint density at radius 3 is 2.39 bits per heavy atom. The highest BCUT2D eigenvalue weighted by Crippen LogP contribution is 2.40. The van der Waals surface area contributed by atoms with Gasteiger partial charge >= 0.3 is 0 Å². The number of rotatable bonds is 8. The first kappa shape index (κ1) is 23.2. The van der Waals surface area contributed by atoms with Gasteiger partial charge in [-0.25, -0.2) is 4.98 Å². The van der Waals surface area contributed by atoms with Gasteiger partial charge in [0.1, 0.15) is 0 Å². The van der Waals surface area contributed by atoms with Crippen LogP contribution in [0.1, 0.15) is 63.7 Å². The fourth-order valence-electron chi connectivity index (χ4n) is 3.95. The summed E-state index contributed by atoms with van der Waals surface area (Å²) >= 11 is 1.30. The first-order chi connectivity index (χ1) is 14.6. The molecule has 1 amide bonds. The largest absolute Gasteiger partial charge is 0.503 e.